The smallest absolute Gasteiger partial charge is 0.306 e. The molecule has 0 aromatic heterocycles. The summed E-state index contributed by atoms with van der Waals surface area (Å²) in [4.78, 5) is 21.0. The molecule has 0 saturated carbocycles. The fourth-order valence-corrected chi connectivity index (χ4v) is 2.07. The van der Waals surface area contributed by atoms with E-state index in [-0.39, 0.29) is 5.69 Å². The Morgan fingerprint density at radius 2 is 2.19 bits per heavy atom. The molecule has 0 aliphatic heterocycles. The summed E-state index contributed by atoms with van der Waals surface area (Å²) in [6.45, 7) is 0. The van der Waals surface area contributed by atoms with Crippen LogP contribution in [0.5, 0.6) is 0 Å². The van der Waals surface area contributed by atoms with E-state index >= 15 is 0 Å². The van der Waals surface area contributed by atoms with E-state index in [4.69, 9.17) is 5.11 Å². The van der Waals surface area contributed by atoms with Crippen LogP contribution in [0.4, 0.5) is 5.69 Å². The van der Waals surface area contributed by atoms with Crippen LogP contribution in [-0.2, 0) is 17.6 Å². The maximum atomic E-state index is 10.8. The first-order valence-electron chi connectivity index (χ1n) is 5.07. The molecule has 1 aromatic carbocycles. The number of hydrogen-bond acceptors (Lipinski definition) is 3. The number of benzene rings is 1. The number of carbonyl (C=O) groups is 1. The summed E-state index contributed by atoms with van der Waals surface area (Å²) in [6.07, 6.45) is 1.69. The lowest BCUT2D eigenvalue weighted by Gasteiger charge is -2.20. The van der Waals surface area contributed by atoms with Gasteiger partial charge in [-0.05, 0) is 30.4 Å². The molecule has 1 aromatic rings. The van der Waals surface area contributed by atoms with Gasteiger partial charge in [0.2, 0.25) is 0 Å². The Morgan fingerprint density at radius 3 is 2.81 bits per heavy atom. The quantitative estimate of drug-likeness (QED) is 0.609. The standard InChI is InChI=1S/C11H11NO4/c13-11(14)8-2-1-7-3-4-10(12(15)16)6-9(7)5-8/h3-4,6,8H,1-2,5H2,(H,13,14)/t8-/m1/s1. The number of aryl methyl sites for hydroxylation is 1. The van der Waals surface area contributed by atoms with E-state index in [9.17, 15) is 14.9 Å². The minimum absolute atomic E-state index is 0.0322. The van der Waals surface area contributed by atoms with E-state index in [1.807, 2.05) is 0 Å². The molecule has 0 heterocycles. The number of fused-ring (bicyclic) bond motifs is 1. The molecule has 0 amide bonds. The van der Waals surface area contributed by atoms with Crippen molar-refractivity contribution < 1.29 is 14.8 Å². The molecule has 1 aliphatic carbocycles. The van der Waals surface area contributed by atoms with Crippen LogP contribution in [0.3, 0.4) is 0 Å². The number of nitro groups is 1. The van der Waals surface area contributed by atoms with Gasteiger partial charge in [-0.2, -0.15) is 0 Å². The molecule has 2 rings (SSSR count). The number of non-ortho nitro benzene ring substituents is 1. The molecule has 0 bridgehead atoms. The highest BCUT2D eigenvalue weighted by Crippen LogP contribution is 2.28. The molecule has 0 spiro atoms. The van der Waals surface area contributed by atoms with Gasteiger partial charge in [0, 0.05) is 12.1 Å². The van der Waals surface area contributed by atoms with E-state index in [2.05, 4.69) is 0 Å². The van der Waals surface area contributed by atoms with Crippen molar-refractivity contribution in [3.8, 4) is 0 Å². The van der Waals surface area contributed by atoms with Crippen molar-refractivity contribution >= 4 is 11.7 Å². The van der Waals surface area contributed by atoms with Gasteiger partial charge >= 0.3 is 5.97 Å². The maximum Gasteiger partial charge on any atom is 0.306 e. The van der Waals surface area contributed by atoms with Gasteiger partial charge in [0.1, 0.15) is 0 Å². The predicted molar refractivity (Wildman–Crippen MR) is 56.2 cm³/mol. The lowest BCUT2D eigenvalue weighted by Crippen LogP contribution is -2.22. The molecule has 1 aliphatic rings. The summed E-state index contributed by atoms with van der Waals surface area (Å²) in [5.41, 5.74) is 1.86. The van der Waals surface area contributed by atoms with Gasteiger partial charge in [-0.3, -0.25) is 14.9 Å². The van der Waals surface area contributed by atoms with Crippen molar-refractivity contribution in [1.82, 2.24) is 0 Å². The van der Waals surface area contributed by atoms with Crippen LogP contribution >= 0.6 is 0 Å². The Labute approximate surface area is 91.9 Å². The van der Waals surface area contributed by atoms with E-state index in [0.717, 1.165) is 11.1 Å². The highest BCUT2D eigenvalue weighted by Gasteiger charge is 2.25. The van der Waals surface area contributed by atoms with Crippen LogP contribution < -0.4 is 0 Å². The van der Waals surface area contributed by atoms with Gasteiger partial charge < -0.3 is 5.11 Å². The van der Waals surface area contributed by atoms with Crippen molar-refractivity contribution in [3.05, 3.63) is 39.4 Å². The first kappa shape index (κ1) is 10.6. The Bertz CT molecular complexity index is 455. The average Bonchev–Trinajstić information content (AvgIpc) is 2.27. The topological polar surface area (TPSA) is 80.4 Å². The van der Waals surface area contributed by atoms with Crippen molar-refractivity contribution in [1.29, 1.82) is 0 Å². The second kappa shape index (κ2) is 3.92. The summed E-state index contributed by atoms with van der Waals surface area (Å²) in [5, 5.41) is 19.5. The minimum Gasteiger partial charge on any atom is -0.481 e. The molecule has 0 unspecified atom stereocenters. The van der Waals surface area contributed by atoms with E-state index in [1.54, 1.807) is 6.07 Å². The summed E-state index contributed by atoms with van der Waals surface area (Å²) in [5.74, 6) is -1.23. The molecule has 1 atom stereocenters. The Balaban J connectivity index is 2.32. The molecule has 84 valence electrons. The second-order valence-electron chi connectivity index (χ2n) is 3.99. The van der Waals surface area contributed by atoms with Crippen LogP contribution in [0, 0.1) is 16.0 Å². The Kier molecular flexibility index (Phi) is 2.60. The Hall–Kier alpha value is -1.91. The second-order valence-corrected chi connectivity index (χ2v) is 3.99. The van der Waals surface area contributed by atoms with Gasteiger partial charge in [-0.15, -0.1) is 0 Å². The number of carboxylic acid groups (broad SMARTS) is 1. The predicted octanol–water partition coefficient (Wildman–Crippen LogP) is 1.78. The third-order valence-electron chi connectivity index (χ3n) is 2.98. The monoisotopic (exact) mass is 221 g/mol. The van der Waals surface area contributed by atoms with Crippen molar-refractivity contribution in [2.45, 2.75) is 19.3 Å². The first-order chi connectivity index (χ1) is 7.58. The molecule has 5 heteroatoms. The summed E-state index contributed by atoms with van der Waals surface area (Å²) >= 11 is 0. The number of carboxylic acids is 1. The van der Waals surface area contributed by atoms with E-state index in [0.29, 0.717) is 19.3 Å². The fraction of sp³-hybridized carbons (Fsp3) is 0.364. The molecule has 5 nitrogen and oxygen atoms in total. The van der Waals surface area contributed by atoms with E-state index in [1.165, 1.54) is 12.1 Å². The number of nitro benzene ring substituents is 1. The molecule has 1 N–H and O–H groups in total. The molecular weight excluding hydrogens is 210 g/mol. The molecule has 0 saturated heterocycles. The van der Waals surface area contributed by atoms with Crippen molar-refractivity contribution in [3.63, 3.8) is 0 Å². The van der Waals surface area contributed by atoms with Gasteiger partial charge in [0.05, 0.1) is 10.8 Å². The zero-order chi connectivity index (χ0) is 11.7. The van der Waals surface area contributed by atoms with E-state index < -0.39 is 16.8 Å². The van der Waals surface area contributed by atoms with Gasteiger partial charge in [0.25, 0.3) is 5.69 Å². The largest absolute Gasteiger partial charge is 0.481 e. The van der Waals surface area contributed by atoms with Gasteiger partial charge in [0.15, 0.2) is 0 Å². The SMILES string of the molecule is O=C(O)[C@@H]1CCc2ccc([N+](=O)[O-])cc2C1. The summed E-state index contributed by atoms with van der Waals surface area (Å²) in [7, 11) is 0. The highest BCUT2D eigenvalue weighted by atomic mass is 16.6. The molecule has 0 fully saturated rings. The lowest BCUT2D eigenvalue weighted by atomic mass is 9.84. The highest BCUT2D eigenvalue weighted by molar-refractivity contribution is 5.71. The first-order valence-corrected chi connectivity index (χ1v) is 5.07. The third-order valence-corrected chi connectivity index (χ3v) is 2.98. The number of aliphatic carboxylic acids is 1. The summed E-state index contributed by atoms with van der Waals surface area (Å²) in [6, 6.07) is 4.69. The maximum absolute atomic E-state index is 10.8. The van der Waals surface area contributed by atoms with Crippen LogP contribution in [0.15, 0.2) is 18.2 Å². The van der Waals surface area contributed by atoms with Crippen LogP contribution in [0.2, 0.25) is 0 Å². The van der Waals surface area contributed by atoms with Crippen molar-refractivity contribution in [2.24, 2.45) is 5.92 Å². The normalized spacial score (nSPS) is 18.9. The lowest BCUT2D eigenvalue weighted by molar-refractivity contribution is -0.384. The van der Waals surface area contributed by atoms with Gasteiger partial charge in [-0.1, -0.05) is 6.07 Å². The number of nitrogens with zero attached hydrogens (tertiary/aromatic N) is 1. The van der Waals surface area contributed by atoms with Crippen LogP contribution in [-0.4, -0.2) is 16.0 Å². The summed E-state index contributed by atoms with van der Waals surface area (Å²) < 4.78 is 0. The number of rotatable bonds is 2. The molecule has 0 radical (unpaired) electrons. The third kappa shape index (κ3) is 1.88. The minimum atomic E-state index is -0.822. The Morgan fingerprint density at radius 1 is 1.44 bits per heavy atom. The van der Waals surface area contributed by atoms with Crippen LogP contribution in [0.1, 0.15) is 17.5 Å². The van der Waals surface area contributed by atoms with Gasteiger partial charge in [-0.25, -0.2) is 0 Å². The molecule has 16 heavy (non-hydrogen) atoms. The fourth-order valence-electron chi connectivity index (χ4n) is 2.07. The zero-order valence-electron chi connectivity index (χ0n) is 8.55. The van der Waals surface area contributed by atoms with Crippen LogP contribution in [0.25, 0.3) is 0 Å². The molecular formula is C11H11NO4. The average molecular weight is 221 g/mol. The van der Waals surface area contributed by atoms with Crippen molar-refractivity contribution in [2.75, 3.05) is 0 Å². The zero-order valence-corrected chi connectivity index (χ0v) is 8.55. The number of hydrogen-bond donors (Lipinski definition) is 1.